The average Bonchev–Trinajstić information content (AvgIpc) is 2.90. The molecule has 0 aromatic carbocycles. The summed E-state index contributed by atoms with van der Waals surface area (Å²) in [6.07, 6.45) is 9.72. The molecule has 1 heterocycles. The normalized spacial score (nSPS) is 24.1. The van der Waals surface area contributed by atoms with Crippen molar-refractivity contribution in [1.29, 1.82) is 0 Å². The Kier molecular flexibility index (Phi) is 5.48. The molecule has 0 radical (unpaired) electrons. The van der Waals surface area contributed by atoms with Crippen molar-refractivity contribution in [1.82, 2.24) is 10.6 Å². The Bertz CT molecular complexity index is 255. The molecule has 18 heavy (non-hydrogen) atoms. The molecule has 0 bridgehead atoms. The van der Waals surface area contributed by atoms with Crippen LogP contribution in [0.2, 0.25) is 0 Å². The summed E-state index contributed by atoms with van der Waals surface area (Å²) in [4.78, 5) is 12.3. The smallest absolute Gasteiger partial charge is 0.223 e. The van der Waals surface area contributed by atoms with Crippen LogP contribution in [0.4, 0.5) is 0 Å². The first-order valence-electron chi connectivity index (χ1n) is 7.80. The summed E-state index contributed by atoms with van der Waals surface area (Å²) in [5.74, 6) is 1.38. The number of hydrogen-bond donors (Lipinski definition) is 2. The van der Waals surface area contributed by atoms with E-state index in [9.17, 15) is 4.79 Å². The molecule has 1 amide bonds. The number of carbonyl (C=O) groups excluding carboxylic acids is 1. The second-order valence-electron chi connectivity index (χ2n) is 6.02. The molecule has 1 unspecified atom stereocenters. The van der Waals surface area contributed by atoms with Gasteiger partial charge in [0.1, 0.15) is 0 Å². The minimum absolute atomic E-state index is 0.253. The summed E-state index contributed by atoms with van der Waals surface area (Å²) in [7, 11) is 0. The van der Waals surface area contributed by atoms with Crippen molar-refractivity contribution in [3.05, 3.63) is 0 Å². The lowest BCUT2D eigenvalue weighted by atomic mass is 9.90. The Hall–Kier alpha value is -0.570. The third-order valence-electron chi connectivity index (χ3n) is 4.64. The molecule has 2 aliphatic rings. The fourth-order valence-electron chi connectivity index (χ4n) is 3.39. The van der Waals surface area contributed by atoms with Crippen LogP contribution in [0.25, 0.3) is 0 Å². The zero-order chi connectivity index (χ0) is 12.8. The summed E-state index contributed by atoms with van der Waals surface area (Å²) >= 11 is 0. The number of carbonyl (C=O) groups is 1. The van der Waals surface area contributed by atoms with Gasteiger partial charge in [-0.2, -0.15) is 0 Å². The highest BCUT2D eigenvalue weighted by Crippen LogP contribution is 2.31. The maximum atomic E-state index is 12.3. The van der Waals surface area contributed by atoms with Crippen LogP contribution in [0.3, 0.4) is 0 Å². The van der Waals surface area contributed by atoms with Crippen LogP contribution in [0.15, 0.2) is 0 Å². The number of nitrogens with one attached hydrogen (secondary N) is 2. The van der Waals surface area contributed by atoms with E-state index in [1.807, 2.05) is 0 Å². The molecule has 3 nitrogen and oxygen atoms in total. The molecule has 0 aromatic rings. The van der Waals surface area contributed by atoms with E-state index < -0.39 is 0 Å². The van der Waals surface area contributed by atoms with Gasteiger partial charge in [0.15, 0.2) is 0 Å². The van der Waals surface area contributed by atoms with Crippen molar-refractivity contribution < 1.29 is 4.79 Å². The minimum atomic E-state index is 0.253. The van der Waals surface area contributed by atoms with Crippen LogP contribution in [0.5, 0.6) is 0 Å². The second-order valence-corrected chi connectivity index (χ2v) is 6.02. The lowest BCUT2D eigenvalue weighted by Crippen LogP contribution is -2.45. The third-order valence-corrected chi connectivity index (χ3v) is 4.64. The summed E-state index contributed by atoms with van der Waals surface area (Å²) in [5, 5.41) is 6.60. The molecule has 1 aliphatic carbocycles. The highest BCUT2D eigenvalue weighted by atomic mass is 16.1. The van der Waals surface area contributed by atoms with Crippen molar-refractivity contribution in [2.75, 3.05) is 13.1 Å². The highest BCUT2D eigenvalue weighted by molar-refractivity contribution is 5.78. The van der Waals surface area contributed by atoms with Crippen LogP contribution in [-0.4, -0.2) is 25.0 Å². The second kappa shape index (κ2) is 7.13. The maximum Gasteiger partial charge on any atom is 0.223 e. The fraction of sp³-hybridized carbons (Fsp3) is 0.933. The van der Waals surface area contributed by atoms with Crippen molar-refractivity contribution >= 4 is 5.91 Å². The van der Waals surface area contributed by atoms with Gasteiger partial charge in [-0.25, -0.2) is 0 Å². The number of rotatable bonds is 5. The molecule has 1 saturated carbocycles. The van der Waals surface area contributed by atoms with E-state index in [-0.39, 0.29) is 5.92 Å². The van der Waals surface area contributed by atoms with E-state index >= 15 is 0 Å². The van der Waals surface area contributed by atoms with Crippen LogP contribution in [-0.2, 0) is 4.79 Å². The minimum Gasteiger partial charge on any atom is -0.353 e. The monoisotopic (exact) mass is 252 g/mol. The van der Waals surface area contributed by atoms with E-state index in [1.165, 1.54) is 25.7 Å². The van der Waals surface area contributed by atoms with Gasteiger partial charge in [0.05, 0.1) is 0 Å². The fourth-order valence-corrected chi connectivity index (χ4v) is 3.39. The van der Waals surface area contributed by atoms with Crippen LogP contribution in [0, 0.1) is 11.8 Å². The molecule has 1 saturated heterocycles. The van der Waals surface area contributed by atoms with Gasteiger partial charge in [-0.15, -0.1) is 0 Å². The van der Waals surface area contributed by atoms with Gasteiger partial charge in [0.2, 0.25) is 5.91 Å². The van der Waals surface area contributed by atoms with Gasteiger partial charge in [0.25, 0.3) is 0 Å². The SMILES string of the molecule is CCC(CC1CCCC1)C(=O)NC1CCNCC1. The van der Waals surface area contributed by atoms with E-state index in [4.69, 9.17) is 0 Å². The van der Waals surface area contributed by atoms with Gasteiger partial charge in [-0.1, -0.05) is 32.6 Å². The van der Waals surface area contributed by atoms with Crippen LogP contribution < -0.4 is 10.6 Å². The molecule has 2 N–H and O–H groups in total. The van der Waals surface area contributed by atoms with E-state index in [1.54, 1.807) is 0 Å². The van der Waals surface area contributed by atoms with Gasteiger partial charge >= 0.3 is 0 Å². The zero-order valence-corrected chi connectivity index (χ0v) is 11.7. The van der Waals surface area contributed by atoms with Crippen molar-refractivity contribution in [3.8, 4) is 0 Å². The molecular formula is C15H28N2O. The largest absolute Gasteiger partial charge is 0.353 e. The van der Waals surface area contributed by atoms with Crippen molar-refractivity contribution in [2.24, 2.45) is 11.8 Å². The van der Waals surface area contributed by atoms with Gasteiger partial charge < -0.3 is 10.6 Å². The number of hydrogen-bond acceptors (Lipinski definition) is 2. The lowest BCUT2D eigenvalue weighted by Gasteiger charge is -2.26. The van der Waals surface area contributed by atoms with Gasteiger partial charge in [0, 0.05) is 12.0 Å². The Labute approximate surface area is 111 Å². The Morgan fingerprint density at radius 1 is 1.22 bits per heavy atom. The Morgan fingerprint density at radius 3 is 2.50 bits per heavy atom. The third kappa shape index (κ3) is 3.98. The predicted molar refractivity (Wildman–Crippen MR) is 74.4 cm³/mol. The quantitative estimate of drug-likeness (QED) is 0.789. The van der Waals surface area contributed by atoms with Crippen LogP contribution >= 0.6 is 0 Å². The first-order valence-corrected chi connectivity index (χ1v) is 7.80. The Balaban J connectivity index is 1.76. The molecule has 0 aromatic heterocycles. The number of amides is 1. The summed E-state index contributed by atoms with van der Waals surface area (Å²) in [6.45, 7) is 4.25. The van der Waals surface area contributed by atoms with E-state index in [2.05, 4.69) is 17.6 Å². The molecule has 104 valence electrons. The van der Waals surface area contributed by atoms with Gasteiger partial charge in [-0.3, -0.25) is 4.79 Å². The first-order chi connectivity index (χ1) is 8.79. The summed E-state index contributed by atoms with van der Waals surface area (Å²) in [6, 6.07) is 0.413. The highest BCUT2D eigenvalue weighted by Gasteiger charge is 2.25. The molecule has 1 aliphatic heterocycles. The Morgan fingerprint density at radius 2 is 1.89 bits per heavy atom. The first kappa shape index (κ1) is 13.9. The zero-order valence-electron chi connectivity index (χ0n) is 11.7. The van der Waals surface area contributed by atoms with Crippen molar-refractivity contribution in [3.63, 3.8) is 0 Å². The van der Waals surface area contributed by atoms with Gasteiger partial charge in [-0.05, 0) is 44.7 Å². The van der Waals surface area contributed by atoms with E-state index in [0.29, 0.717) is 11.9 Å². The number of piperidine rings is 1. The molecule has 2 rings (SSSR count). The molecule has 0 spiro atoms. The summed E-state index contributed by atoms with van der Waals surface area (Å²) in [5.41, 5.74) is 0. The van der Waals surface area contributed by atoms with E-state index in [0.717, 1.165) is 44.7 Å². The topological polar surface area (TPSA) is 41.1 Å². The molecule has 2 fully saturated rings. The van der Waals surface area contributed by atoms with Crippen molar-refractivity contribution in [2.45, 2.75) is 64.3 Å². The van der Waals surface area contributed by atoms with Crippen LogP contribution in [0.1, 0.15) is 58.3 Å². The lowest BCUT2D eigenvalue weighted by molar-refractivity contribution is -0.126. The molecule has 1 atom stereocenters. The average molecular weight is 252 g/mol. The molecule has 3 heteroatoms. The predicted octanol–water partition coefficient (Wildman–Crippen LogP) is 2.46. The molecular weight excluding hydrogens is 224 g/mol. The summed E-state index contributed by atoms with van der Waals surface area (Å²) < 4.78 is 0. The standard InChI is InChI=1S/C15H28N2O/c1-2-13(11-12-5-3-4-6-12)15(18)17-14-7-9-16-10-8-14/h12-14,16H,2-11H2,1H3,(H,17,18). The maximum absolute atomic E-state index is 12.3.